The molecule has 5 nitrogen and oxygen atoms in total. The number of hydrogen-bond acceptors (Lipinski definition) is 7. The number of aromatic nitrogens is 4. The Morgan fingerprint density at radius 3 is 2.76 bits per heavy atom. The van der Waals surface area contributed by atoms with Crippen LogP contribution in [-0.2, 0) is 5.75 Å². The summed E-state index contributed by atoms with van der Waals surface area (Å²) in [7, 11) is 0. The van der Waals surface area contributed by atoms with Crippen LogP contribution in [0.4, 0.5) is 5.82 Å². The topological polar surface area (TPSA) is 77.6 Å². The largest absolute Gasteiger partial charge is 0.383 e. The Hall–Kier alpha value is -1.73. The van der Waals surface area contributed by atoms with Crippen molar-refractivity contribution in [1.29, 1.82) is 0 Å². The Morgan fingerprint density at radius 1 is 1.19 bits per heavy atom. The molecule has 21 heavy (non-hydrogen) atoms. The molecule has 3 aromatic heterocycles. The van der Waals surface area contributed by atoms with E-state index in [1.165, 1.54) is 22.2 Å². The zero-order chi connectivity index (χ0) is 15.0. The first-order valence-electron chi connectivity index (χ1n) is 6.49. The molecule has 0 spiro atoms. The van der Waals surface area contributed by atoms with Gasteiger partial charge in [-0.25, -0.2) is 19.9 Å². The lowest BCUT2D eigenvalue weighted by Gasteiger charge is -2.03. The molecule has 108 valence electrons. The van der Waals surface area contributed by atoms with Gasteiger partial charge in [0.05, 0.1) is 11.1 Å². The van der Waals surface area contributed by atoms with Crippen molar-refractivity contribution in [2.45, 2.75) is 31.7 Å². The molecule has 0 unspecified atom stereocenters. The molecular formula is C14H15N5S2. The van der Waals surface area contributed by atoms with Gasteiger partial charge in [0.2, 0.25) is 0 Å². The summed E-state index contributed by atoms with van der Waals surface area (Å²) in [5.41, 5.74) is 8.21. The monoisotopic (exact) mass is 317 g/mol. The minimum absolute atomic E-state index is 0.558. The number of nitrogens with two attached hydrogens (primary N) is 1. The van der Waals surface area contributed by atoms with Crippen LogP contribution in [0, 0.1) is 20.8 Å². The number of thiophene rings is 1. The predicted molar refractivity (Wildman–Crippen MR) is 87.6 cm³/mol. The molecule has 0 aliphatic heterocycles. The summed E-state index contributed by atoms with van der Waals surface area (Å²) < 4.78 is 0. The van der Waals surface area contributed by atoms with Crippen molar-refractivity contribution in [3.05, 3.63) is 34.2 Å². The van der Waals surface area contributed by atoms with Crippen LogP contribution in [0.1, 0.15) is 22.0 Å². The molecule has 0 bridgehead atoms. The van der Waals surface area contributed by atoms with E-state index < -0.39 is 0 Å². The number of aryl methyl sites for hydroxylation is 3. The Bertz CT molecular complexity index is 812. The van der Waals surface area contributed by atoms with Crippen LogP contribution in [0.3, 0.4) is 0 Å². The van der Waals surface area contributed by atoms with E-state index in [1.54, 1.807) is 17.5 Å². The summed E-state index contributed by atoms with van der Waals surface area (Å²) in [4.78, 5) is 19.8. The lowest BCUT2D eigenvalue weighted by atomic mass is 10.2. The quantitative estimate of drug-likeness (QED) is 0.590. The van der Waals surface area contributed by atoms with Crippen LogP contribution < -0.4 is 5.73 Å². The highest BCUT2D eigenvalue weighted by atomic mass is 32.2. The number of fused-ring (bicyclic) bond motifs is 1. The highest BCUT2D eigenvalue weighted by Crippen LogP contribution is 2.32. The molecule has 2 N–H and O–H groups in total. The summed E-state index contributed by atoms with van der Waals surface area (Å²) in [5, 5.41) is 1.72. The van der Waals surface area contributed by atoms with E-state index in [4.69, 9.17) is 5.73 Å². The zero-order valence-electron chi connectivity index (χ0n) is 12.0. The third-order valence-corrected chi connectivity index (χ3v) is 5.16. The molecule has 0 aliphatic rings. The van der Waals surface area contributed by atoms with Crippen molar-refractivity contribution < 1.29 is 0 Å². The molecule has 3 aromatic rings. The number of nitrogens with zero attached hydrogens (tertiary/aromatic N) is 4. The maximum absolute atomic E-state index is 6.08. The third-order valence-electron chi connectivity index (χ3n) is 3.21. The molecule has 0 aromatic carbocycles. The Balaban J connectivity index is 1.88. The number of hydrogen-bond donors (Lipinski definition) is 1. The second-order valence-corrected chi connectivity index (χ2v) is 6.90. The first kappa shape index (κ1) is 14.2. The smallest absolute Gasteiger partial charge is 0.188 e. The van der Waals surface area contributed by atoms with Crippen molar-refractivity contribution in [1.82, 2.24) is 19.9 Å². The lowest BCUT2D eigenvalue weighted by Crippen LogP contribution is -1.99. The molecule has 0 saturated carbocycles. The van der Waals surface area contributed by atoms with Crippen molar-refractivity contribution in [2.75, 3.05) is 5.73 Å². The highest BCUT2D eigenvalue weighted by Gasteiger charge is 2.13. The molecule has 0 amide bonds. The van der Waals surface area contributed by atoms with E-state index in [1.807, 2.05) is 13.0 Å². The molecule has 3 rings (SSSR count). The van der Waals surface area contributed by atoms with Crippen LogP contribution in [0.5, 0.6) is 0 Å². The normalized spacial score (nSPS) is 11.2. The molecule has 0 aliphatic carbocycles. The lowest BCUT2D eigenvalue weighted by molar-refractivity contribution is 0.928. The number of anilines is 1. The maximum atomic E-state index is 6.08. The van der Waals surface area contributed by atoms with Crippen LogP contribution in [0.15, 0.2) is 17.4 Å². The van der Waals surface area contributed by atoms with Gasteiger partial charge in [0.15, 0.2) is 5.16 Å². The molecule has 0 radical (unpaired) electrons. The molecule has 7 heteroatoms. The van der Waals surface area contributed by atoms with E-state index in [0.717, 1.165) is 26.9 Å². The van der Waals surface area contributed by atoms with Gasteiger partial charge in [0.25, 0.3) is 0 Å². The molecule has 0 saturated heterocycles. The predicted octanol–water partition coefficient (Wildman–Crippen LogP) is 3.28. The van der Waals surface area contributed by atoms with E-state index in [-0.39, 0.29) is 0 Å². The maximum Gasteiger partial charge on any atom is 0.188 e. The van der Waals surface area contributed by atoms with Gasteiger partial charge in [-0.3, -0.25) is 0 Å². The van der Waals surface area contributed by atoms with Crippen LogP contribution >= 0.6 is 23.1 Å². The summed E-state index contributed by atoms with van der Waals surface area (Å²) >= 11 is 3.18. The van der Waals surface area contributed by atoms with E-state index in [0.29, 0.717) is 11.6 Å². The Morgan fingerprint density at radius 2 is 2.00 bits per heavy atom. The molecule has 0 fully saturated rings. The average molecular weight is 317 g/mol. The van der Waals surface area contributed by atoms with Crippen LogP contribution in [0.25, 0.3) is 10.2 Å². The number of nitrogen functional groups attached to an aromatic ring is 1. The Labute approximate surface area is 131 Å². The fourth-order valence-electron chi connectivity index (χ4n) is 2.02. The van der Waals surface area contributed by atoms with Crippen LogP contribution in [0.2, 0.25) is 0 Å². The fourth-order valence-corrected chi connectivity index (χ4v) is 3.80. The first-order valence-corrected chi connectivity index (χ1v) is 8.29. The van der Waals surface area contributed by atoms with E-state index in [2.05, 4.69) is 33.8 Å². The van der Waals surface area contributed by atoms with Gasteiger partial charge in [-0.1, -0.05) is 11.8 Å². The molecule has 3 heterocycles. The molecular weight excluding hydrogens is 302 g/mol. The summed E-state index contributed by atoms with van der Waals surface area (Å²) in [5.74, 6) is 1.89. The summed E-state index contributed by atoms with van der Waals surface area (Å²) in [6.45, 7) is 6.09. The number of rotatable bonds is 3. The summed E-state index contributed by atoms with van der Waals surface area (Å²) in [6, 6.07) is 1.88. The van der Waals surface area contributed by atoms with Gasteiger partial charge in [-0.05, 0) is 32.4 Å². The second-order valence-electron chi connectivity index (χ2n) is 4.76. The average Bonchev–Trinajstić information content (AvgIpc) is 2.72. The third kappa shape index (κ3) is 2.84. The Kier molecular flexibility index (Phi) is 3.77. The highest BCUT2D eigenvalue weighted by molar-refractivity contribution is 7.98. The first-order chi connectivity index (χ1) is 10.0. The van der Waals surface area contributed by atoms with Gasteiger partial charge in [-0.2, -0.15) is 0 Å². The summed E-state index contributed by atoms with van der Waals surface area (Å²) in [6.07, 6.45) is 1.76. The van der Waals surface area contributed by atoms with Gasteiger partial charge >= 0.3 is 0 Å². The van der Waals surface area contributed by atoms with Crippen molar-refractivity contribution >= 4 is 39.1 Å². The minimum Gasteiger partial charge on any atom is -0.383 e. The zero-order valence-corrected chi connectivity index (χ0v) is 13.7. The minimum atomic E-state index is 0.558. The SMILES string of the molecule is Cc1ccnc(SCc2nc(N)c3c(C)c(C)sc3n2)n1. The fraction of sp³-hybridized carbons (Fsp3) is 0.286. The van der Waals surface area contributed by atoms with Gasteiger partial charge in [0, 0.05) is 16.8 Å². The van der Waals surface area contributed by atoms with Gasteiger partial charge in [-0.15, -0.1) is 11.3 Å². The van der Waals surface area contributed by atoms with Crippen molar-refractivity contribution in [2.24, 2.45) is 0 Å². The van der Waals surface area contributed by atoms with Gasteiger partial charge < -0.3 is 5.73 Å². The number of thioether (sulfide) groups is 1. The second kappa shape index (κ2) is 5.57. The van der Waals surface area contributed by atoms with E-state index >= 15 is 0 Å². The van der Waals surface area contributed by atoms with E-state index in [9.17, 15) is 0 Å². The standard InChI is InChI=1S/C14H15N5S2/c1-7-4-5-16-14(17-7)20-6-10-18-12(15)11-8(2)9(3)21-13(11)19-10/h4-5H,6H2,1-3H3,(H2,15,18,19). The van der Waals surface area contributed by atoms with Crippen LogP contribution in [-0.4, -0.2) is 19.9 Å². The molecule has 0 atom stereocenters. The van der Waals surface area contributed by atoms with Crippen molar-refractivity contribution in [3.8, 4) is 0 Å². The van der Waals surface area contributed by atoms with Gasteiger partial charge in [0.1, 0.15) is 16.5 Å². The van der Waals surface area contributed by atoms with Crippen molar-refractivity contribution in [3.63, 3.8) is 0 Å².